The van der Waals surface area contributed by atoms with Crippen LogP contribution in [-0.4, -0.2) is 17.6 Å². The van der Waals surface area contributed by atoms with Crippen molar-refractivity contribution in [1.29, 1.82) is 0 Å². The smallest absolute Gasteiger partial charge is 0.387 e. The lowest BCUT2D eigenvalue weighted by Gasteiger charge is -2.13. The first-order valence-electron chi connectivity index (χ1n) is 8.70. The van der Waals surface area contributed by atoms with E-state index in [-0.39, 0.29) is 16.5 Å². The lowest BCUT2D eigenvalue weighted by Crippen LogP contribution is -2.33. The third-order valence-corrected chi connectivity index (χ3v) is 4.40. The number of rotatable bonds is 6. The van der Waals surface area contributed by atoms with Crippen molar-refractivity contribution < 1.29 is 22.7 Å². The summed E-state index contributed by atoms with van der Waals surface area (Å²) in [5.74, 6) is 0.287. The van der Waals surface area contributed by atoms with E-state index in [1.165, 1.54) is 30.4 Å². The largest absolute Gasteiger partial charge is 0.457 e. The van der Waals surface area contributed by atoms with Crippen LogP contribution >= 0.6 is 35.4 Å². The van der Waals surface area contributed by atoms with Crippen LogP contribution in [0.1, 0.15) is 5.76 Å². The van der Waals surface area contributed by atoms with Crippen molar-refractivity contribution >= 4 is 58.2 Å². The number of carbonyl (C=O) groups excluding carboxylic acids is 1. The molecule has 5 nitrogen and oxygen atoms in total. The average Bonchev–Trinajstić information content (AvgIpc) is 3.16. The predicted molar refractivity (Wildman–Crippen MR) is 121 cm³/mol. The van der Waals surface area contributed by atoms with Gasteiger partial charge >= 0.3 is 6.61 Å². The molecule has 0 saturated heterocycles. The first kappa shape index (κ1) is 22.7. The molecule has 0 unspecified atom stereocenters. The zero-order valence-corrected chi connectivity index (χ0v) is 17.9. The highest BCUT2D eigenvalue weighted by Gasteiger charge is 2.11. The van der Waals surface area contributed by atoms with Gasteiger partial charge < -0.3 is 14.5 Å². The van der Waals surface area contributed by atoms with E-state index in [4.69, 9.17) is 39.8 Å². The Balaban J connectivity index is 1.60. The standard InChI is InChI=1S/C21H14Cl2F2N2O3S/c22-13-9-12(10-14(23)11-13)17-7-5-15(29-17)6-8-19(28)27-21(31)26-16-3-1-2-4-18(16)30-20(24)25/h1-11,20H,(H2,26,27,28,31)/b8-6+. The minimum absolute atomic E-state index is 0.0892. The van der Waals surface area contributed by atoms with Crippen LogP contribution in [0.25, 0.3) is 17.4 Å². The maximum Gasteiger partial charge on any atom is 0.387 e. The molecule has 10 heteroatoms. The van der Waals surface area contributed by atoms with Crippen LogP contribution in [0.2, 0.25) is 10.0 Å². The average molecular weight is 483 g/mol. The van der Waals surface area contributed by atoms with Gasteiger partial charge in [-0.2, -0.15) is 8.78 Å². The van der Waals surface area contributed by atoms with Crippen molar-refractivity contribution in [2.24, 2.45) is 0 Å². The van der Waals surface area contributed by atoms with Crippen LogP contribution in [0.15, 0.2) is 65.1 Å². The Morgan fingerprint density at radius 3 is 2.52 bits per heavy atom. The quantitative estimate of drug-likeness (QED) is 0.315. The SMILES string of the molecule is O=C(/C=C/c1ccc(-c2cc(Cl)cc(Cl)c2)o1)NC(=S)Nc1ccccc1OC(F)F. The molecule has 2 N–H and O–H groups in total. The number of anilines is 1. The maximum absolute atomic E-state index is 12.5. The molecule has 0 fully saturated rings. The van der Waals surface area contributed by atoms with E-state index in [1.54, 1.807) is 36.4 Å². The molecule has 31 heavy (non-hydrogen) atoms. The molecular weight excluding hydrogens is 469 g/mol. The van der Waals surface area contributed by atoms with E-state index in [9.17, 15) is 13.6 Å². The number of hydrogen-bond acceptors (Lipinski definition) is 4. The van der Waals surface area contributed by atoms with Crippen molar-refractivity contribution in [1.82, 2.24) is 5.32 Å². The van der Waals surface area contributed by atoms with E-state index in [0.717, 1.165) is 0 Å². The number of alkyl halides is 2. The van der Waals surface area contributed by atoms with Crippen LogP contribution < -0.4 is 15.4 Å². The molecule has 0 saturated carbocycles. The lowest BCUT2D eigenvalue weighted by atomic mass is 10.2. The number of hydrogen-bond donors (Lipinski definition) is 2. The molecular formula is C21H14Cl2F2N2O3S. The van der Waals surface area contributed by atoms with Crippen molar-refractivity contribution in [3.8, 4) is 17.1 Å². The lowest BCUT2D eigenvalue weighted by molar-refractivity contribution is -0.115. The van der Waals surface area contributed by atoms with Gasteiger partial charge in [0.2, 0.25) is 5.91 Å². The Hall–Kier alpha value is -2.94. The van der Waals surface area contributed by atoms with Gasteiger partial charge in [0.05, 0.1) is 5.69 Å². The van der Waals surface area contributed by atoms with Crippen LogP contribution in [0, 0.1) is 0 Å². The molecule has 1 aromatic heterocycles. The molecule has 1 heterocycles. The summed E-state index contributed by atoms with van der Waals surface area (Å²) in [7, 11) is 0. The van der Waals surface area contributed by atoms with Gasteiger partial charge in [0.1, 0.15) is 17.3 Å². The highest BCUT2D eigenvalue weighted by molar-refractivity contribution is 7.80. The highest BCUT2D eigenvalue weighted by atomic mass is 35.5. The second kappa shape index (κ2) is 10.4. The third kappa shape index (κ3) is 6.78. The second-order valence-corrected chi connectivity index (χ2v) is 7.29. The van der Waals surface area contributed by atoms with E-state index in [1.807, 2.05) is 0 Å². The molecule has 3 aromatic rings. The summed E-state index contributed by atoms with van der Waals surface area (Å²) in [6.45, 7) is -2.99. The van der Waals surface area contributed by atoms with Gasteiger partial charge in [0, 0.05) is 21.7 Å². The Bertz CT molecular complexity index is 1120. The van der Waals surface area contributed by atoms with Gasteiger partial charge in [0.25, 0.3) is 0 Å². The summed E-state index contributed by atoms with van der Waals surface area (Å²) in [6, 6.07) is 14.4. The van der Waals surface area contributed by atoms with Crippen LogP contribution in [-0.2, 0) is 4.79 Å². The number of ether oxygens (including phenoxy) is 1. The predicted octanol–water partition coefficient (Wildman–Crippen LogP) is 6.38. The number of nitrogens with one attached hydrogen (secondary N) is 2. The molecule has 0 spiro atoms. The normalized spacial score (nSPS) is 11.0. The number of halogens is 4. The van der Waals surface area contributed by atoms with Crippen LogP contribution in [0.5, 0.6) is 5.75 Å². The second-order valence-electron chi connectivity index (χ2n) is 6.01. The number of furan rings is 1. The first-order chi connectivity index (χ1) is 14.8. The first-order valence-corrected chi connectivity index (χ1v) is 9.87. The van der Waals surface area contributed by atoms with Gasteiger partial charge in [-0.25, -0.2) is 0 Å². The minimum atomic E-state index is -2.99. The highest BCUT2D eigenvalue weighted by Crippen LogP contribution is 2.29. The Kier molecular flexibility index (Phi) is 7.62. The molecule has 3 rings (SSSR count). The van der Waals surface area contributed by atoms with Crippen molar-refractivity contribution in [2.45, 2.75) is 6.61 Å². The summed E-state index contributed by atoms with van der Waals surface area (Å²) >= 11 is 17.0. The van der Waals surface area contributed by atoms with E-state index in [2.05, 4.69) is 15.4 Å². The molecule has 0 atom stereocenters. The Labute approximate surface area is 191 Å². The topological polar surface area (TPSA) is 63.5 Å². The number of amides is 1. The van der Waals surface area contributed by atoms with E-state index < -0.39 is 12.5 Å². The van der Waals surface area contributed by atoms with Gasteiger partial charge in [-0.15, -0.1) is 0 Å². The summed E-state index contributed by atoms with van der Waals surface area (Å²) in [5, 5.41) is 5.90. The number of thiocarbonyl (C=S) groups is 1. The van der Waals surface area contributed by atoms with Gasteiger partial charge in [-0.3, -0.25) is 10.1 Å². The molecule has 2 aromatic carbocycles. The number of benzene rings is 2. The van der Waals surface area contributed by atoms with Gasteiger partial charge in [-0.05, 0) is 60.8 Å². The summed E-state index contributed by atoms with van der Waals surface area (Å²) in [6.07, 6.45) is 2.66. The summed E-state index contributed by atoms with van der Waals surface area (Å²) < 4.78 is 35.0. The zero-order valence-electron chi connectivity index (χ0n) is 15.6. The molecule has 0 bridgehead atoms. The molecule has 160 valence electrons. The van der Waals surface area contributed by atoms with Crippen LogP contribution in [0.3, 0.4) is 0 Å². The fourth-order valence-corrected chi connectivity index (χ4v) is 3.26. The monoisotopic (exact) mass is 482 g/mol. The molecule has 0 aliphatic heterocycles. The molecule has 1 amide bonds. The number of carbonyl (C=O) groups is 1. The summed E-state index contributed by atoms with van der Waals surface area (Å²) in [4.78, 5) is 12.1. The number of para-hydroxylation sites is 2. The van der Waals surface area contributed by atoms with E-state index in [0.29, 0.717) is 27.1 Å². The molecule has 0 aliphatic rings. The van der Waals surface area contributed by atoms with Crippen LogP contribution in [0.4, 0.5) is 14.5 Å². The fraction of sp³-hybridized carbons (Fsp3) is 0.0476. The van der Waals surface area contributed by atoms with E-state index >= 15 is 0 Å². The third-order valence-electron chi connectivity index (χ3n) is 3.76. The van der Waals surface area contributed by atoms with Crippen molar-refractivity contribution in [3.05, 3.63) is 76.5 Å². The van der Waals surface area contributed by atoms with Gasteiger partial charge in [0.15, 0.2) is 5.11 Å². The van der Waals surface area contributed by atoms with Crippen molar-refractivity contribution in [3.63, 3.8) is 0 Å². The Morgan fingerprint density at radius 1 is 1.10 bits per heavy atom. The fourth-order valence-electron chi connectivity index (χ4n) is 2.53. The minimum Gasteiger partial charge on any atom is -0.457 e. The molecule has 0 radical (unpaired) electrons. The van der Waals surface area contributed by atoms with Crippen molar-refractivity contribution in [2.75, 3.05) is 5.32 Å². The Morgan fingerprint density at radius 2 is 1.81 bits per heavy atom. The maximum atomic E-state index is 12.5. The summed E-state index contributed by atoms with van der Waals surface area (Å²) in [5.41, 5.74) is 0.879. The molecule has 0 aliphatic carbocycles. The zero-order chi connectivity index (χ0) is 22.4. The van der Waals surface area contributed by atoms with Gasteiger partial charge in [-0.1, -0.05) is 35.3 Å².